The lowest BCUT2D eigenvalue weighted by Gasteiger charge is -2.23. The summed E-state index contributed by atoms with van der Waals surface area (Å²) in [5.41, 5.74) is 3.20. The van der Waals surface area contributed by atoms with Crippen molar-refractivity contribution in [1.29, 1.82) is 0 Å². The number of hydrogen-bond donors (Lipinski definition) is 2. The van der Waals surface area contributed by atoms with Crippen LogP contribution in [0, 0.1) is 0 Å². The van der Waals surface area contributed by atoms with Gasteiger partial charge in [-0.15, -0.1) is 0 Å². The maximum atomic E-state index is 10.6. The molecule has 54 heavy (non-hydrogen) atoms. The van der Waals surface area contributed by atoms with E-state index in [4.69, 9.17) is 9.47 Å². The highest BCUT2D eigenvalue weighted by atomic mass is 32.2. The van der Waals surface area contributed by atoms with Crippen molar-refractivity contribution in [1.82, 2.24) is 0 Å². The monoisotopic (exact) mass is 774 g/mol. The smallest absolute Gasteiger partial charge is 0.136 e. The van der Waals surface area contributed by atoms with Gasteiger partial charge < -0.3 is 19.7 Å². The summed E-state index contributed by atoms with van der Waals surface area (Å²) in [7, 11) is 0. The molecule has 0 amide bonds. The summed E-state index contributed by atoms with van der Waals surface area (Å²) in [6.07, 6.45) is 0. The molecule has 0 fully saturated rings. The molecule has 0 atom stereocenters. The van der Waals surface area contributed by atoms with Crippen molar-refractivity contribution in [3.05, 3.63) is 157 Å². The van der Waals surface area contributed by atoms with Crippen molar-refractivity contribution in [2.45, 2.75) is 52.4 Å². The van der Waals surface area contributed by atoms with Gasteiger partial charge >= 0.3 is 0 Å². The minimum Gasteiger partial charge on any atom is -0.456 e. The van der Waals surface area contributed by atoms with Gasteiger partial charge in [0.05, 0.1) is 13.2 Å². The normalized spacial score (nSPS) is 12.9. The van der Waals surface area contributed by atoms with Crippen molar-refractivity contribution in [2.24, 2.45) is 0 Å². The summed E-state index contributed by atoms with van der Waals surface area (Å²) >= 11 is 6.87. The van der Waals surface area contributed by atoms with E-state index in [-0.39, 0.29) is 13.2 Å². The molecule has 2 N–H and O–H groups in total. The molecule has 0 saturated carbocycles. The second-order valence-corrected chi connectivity index (χ2v) is 17.3. The molecular formula is C46H30O4S4. The van der Waals surface area contributed by atoms with Crippen molar-refractivity contribution >= 4 is 68.6 Å². The zero-order valence-electron chi connectivity index (χ0n) is 28.6. The Balaban J connectivity index is 1.13. The quantitative estimate of drug-likeness (QED) is 0.166. The molecular weight excluding hydrogens is 745 g/mol. The van der Waals surface area contributed by atoms with Crippen molar-refractivity contribution in [2.75, 3.05) is 0 Å². The summed E-state index contributed by atoms with van der Waals surface area (Å²) < 4.78 is 13.9. The maximum absolute atomic E-state index is 10.6. The molecule has 4 nitrogen and oxygen atoms in total. The molecule has 0 aliphatic carbocycles. The van der Waals surface area contributed by atoms with Crippen LogP contribution in [0.15, 0.2) is 185 Å². The lowest BCUT2D eigenvalue weighted by molar-refractivity contribution is 0.275. The average Bonchev–Trinajstić information content (AvgIpc) is 3.21. The molecule has 2 aliphatic heterocycles. The van der Waals surface area contributed by atoms with E-state index in [0.717, 1.165) is 52.3 Å². The van der Waals surface area contributed by atoms with Crippen LogP contribution in [0.4, 0.5) is 0 Å². The fourth-order valence-corrected chi connectivity index (χ4v) is 11.6. The van der Waals surface area contributed by atoms with E-state index in [2.05, 4.69) is 97.1 Å². The summed E-state index contributed by atoms with van der Waals surface area (Å²) in [6, 6.07) is 49.8. The molecule has 0 aromatic heterocycles. The standard InChI is InChI=1S/C46H30O4S4/c47-25-29-21-41-43(53-39-15-7-5-13-37(39)51-41)23-35(29)49-33-19-17-27-9-1-3-11-31(27)45(33)46-32-12-4-2-10-28(32)18-20-34(46)50-36-24-44-42(22-30(36)26-48)52-38-14-6-8-16-40(38)54-44/h1-24,47-48H,25-26H2. The minimum absolute atomic E-state index is 0.163. The first-order valence-corrected chi connectivity index (χ1v) is 20.7. The number of aliphatic hydroxyl groups is 2. The molecule has 8 aromatic carbocycles. The van der Waals surface area contributed by atoms with E-state index in [1.165, 1.54) is 19.6 Å². The molecule has 0 unspecified atom stereocenters. The van der Waals surface area contributed by atoms with Gasteiger partial charge in [-0.2, -0.15) is 0 Å². The highest BCUT2D eigenvalue weighted by Crippen LogP contribution is 2.54. The Bertz CT molecular complexity index is 2590. The molecule has 0 radical (unpaired) electrons. The topological polar surface area (TPSA) is 58.9 Å². The third kappa shape index (κ3) is 6.04. The number of ether oxygens (including phenoxy) is 2. The molecule has 262 valence electrons. The van der Waals surface area contributed by atoms with Gasteiger partial charge in [0.25, 0.3) is 0 Å². The Morgan fingerprint density at radius 3 is 1.09 bits per heavy atom. The molecule has 8 aromatic rings. The summed E-state index contributed by atoms with van der Waals surface area (Å²) in [5.74, 6) is 2.51. The highest BCUT2D eigenvalue weighted by molar-refractivity contribution is 8.05. The Morgan fingerprint density at radius 2 is 0.704 bits per heavy atom. The van der Waals surface area contributed by atoms with Gasteiger partial charge in [0, 0.05) is 61.4 Å². The van der Waals surface area contributed by atoms with E-state index in [1.807, 2.05) is 48.5 Å². The Hall–Kier alpha value is -4.80. The third-order valence-electron chi connectivity index (χ3n) is 9.64. The molecule has 0 spiro atoms. The predicted octanol–water partition coefficient (Wildman–Crippen LogP) is 13.5. The Kier molecular flexibility index (Phi) is 8.83. The fraction of sp³-hybridized carbons (Fsp3) is 0.0435. The zero-order valence-corrected chi connectivity index (χ0v) is 31.9. The van der Waals surface area contributed by atoms with Crippen LogP contribution in [-0.2, 0) is 13.2 Å². The number of hydrogen-bond acceptors (Lipinski definition) is 8. The Labute approximate surface area is 329 Å². The van der Waals surface area contributed by atoms with E-state index >= 15 is 0 Å². The molecule has 2 aliphatic rings. The molecule has 0 saturated heterocycles. The third-order valence-corrected chi connectivity index (χ3v) is 14.7. The number of aliphatic hydroxyl groups excluding tert-OH is 2. The fourth-order valence-electron chi connectivity index (χ4n) is 7.06. The largest absolute Gasteiger partial charge is 0.456 e. The van der Waals surface area contributed by atoms with Gasteiger partial charge in [-0.25, -0.2) is 0 Å². The predicted molar refractivity (Wildman–Crippen MR) is 221 cm³/mol. The molecule has 10 rings (SSSR count). The minimum atomic E-state index is -0.163. The van der Waals surface area contributed by atoms with E-state index in [0.29, 0.717) is 34.1 Å². The molecule has 8 heteroatoms. The first-order valence-electron chi connectivity index (χ1n) is 17.5. The number of fused-ring (bicyclic) bond motifs is 6. The first kappa shape index (κ1) is 33.7. The number of benzene rings is 8. The highest BCUT2D eigenvalue weighted by Gasteiger charge is 2.25. The lowest BCUT2D eigenvalue weighted by Crippen LogP contribution is -2.00. The van der Waals surface area contributed by atoms with E-state index in [1.54, 1.807) is 47.0 Å². The van der Waals surface area contributed by atoms with Gasteiger partial charge in [-0.05, 0) is 82.2 Å². The van der Waals surface area contributed by atoms with Crippen LogP contribution >= 0.6 is 47.0 Å². The van der Waals surface area contributed by atoms with Crippen LogP contribution in [0.1, 0.15) is 11.1 Å². The molecule has 2 heterocycles. The van der Waals surface area contributed by atoms with Crippen molar-refractivity contribution in [3.8, 4) is 34.1 Å². The van der Waals surface area contributed by atoms with Crippen LogP contribution in [0.2, 0.25) is 0 Å². The van der Waals surface area contributed by atoms with Gasteiger partial charge in [0.15, 0.2) is 0 Å². The average molecular weight is 775 g/mol. The van der Waals surface area contributed by atoms with Crippen LogP contribution < -0.4 is 9.47 Å². The van der Waals surface area contributed by atoms with Crippen molar-refractivity contribution in [3.63, 3.8) is 0 Å². The summed E-state index contributed by atoms with van der Waals surface area (Å²) in [4.78, 5) is 9.19. The van der Waals surface area contributed by atoms with Crippen LogP contribution in [-0.4, -0.2) is 10.2 Å². The van der Waals surface area contributed by atoms with Gasteiger partial charge in [-0.3, -0.25) is 0 Å². The second-order valence-electron chi connectivity index (χ2n) is 13.0. The lowest BCUT2D eigenvalue weighted by atomic mass is 9.92. The van der Waals surface area contributed by atoms with Crippen molar-refractivity contribution < 1.29 is 19.7 Å². The van der Waals surface area contributed by atoms with Crippen LogP contribution in [0.25, 0.3) is 32.7 Å². The maximum Gasteiger partial charge on any atom is 0.136 e. The van der Waals surface area contributed by atoms with Gasteiger partial charge in [0.2, 0.25) is 0 Å². The zero-order chi connectivity index (χ0) is 36.2. The molecule has 0 bridgehead atoms. The van der Waals surface area contributed by atoms with Gasteiger partial charge in [-0.1, -0.05) is 132 Å². The summed E-state index contributed by atoms with van der Waals surface area (Å²) in [5, 5.41) is 25.4. The summed E-state index contributed by atoms with van der Waals surface area (Å²) in [6.45, 7) is -0.325. The van der Waals surface area contributed by atoms with E-state index < -0.39 is 0 Å². The Morgan fingerprint density at radius 1 is 0.352 bits per heavy atom. The van der Waals surface area contributed by atoms with Crippen LogP contribution in [0.3, 0.4) is 0 Å². The second kappa shape index (κ2) is 14.1. The SMILES string of the molecule is OCc1cc2c(cc1Oc1ccc3ccccc3c1-c1c(Oc3cc4c(cc3CO)Sc3ccccc3S4)ccc3ccccc13)Sc1ccccc1S2. The number of rotatable bonds is 7. The van der Waals surface area contributed by atoms with E-state index in [9.17, 15) is 10.2 Å². The van der Waals surface area contributed by atoms with Gasteiger partial charge in [0.1, 0.15) is 23.0 Å². The first-order chi connectivity index (χ1) is 26.6. The van der Waals surface area contributed by atoms with Crippen LogP contribution in [0.5, 0.6) is 23.0 Å².